The van der Waals surface area contributed by atoms with Gasteiger partial charge in [-0.05, 0) is 108 Å². The topological polar surface area (TPSA) is 82.1 Å². The van der Waals surface area contributed by atoms with Crippen LogP contribution < -0.4 is 10.0 Å². The van der Waals surface area contributed by atoms with Crippen molar-refractivity contribution in [2.45, 2.75) is 43.4 Å². The minimum atomic E-state index is -3.39. The maximum Gasteiger partial charge on any atom is 0.331 e. The largest absolute Gasteiger partial charge is 0.331 e. The molecule has 0 spiro atoms. The van der Waals surface area contributed by atoms with E-state index in [0.717, 1.165) is 47.8 Å². The lowest BCUT2D eigenvalue weighted by molar-refractivity contribution is 0.256. The zero-order valence-corrected chi connectivity index (χ0v) is 17.2. The number of anilines is 1. The predicted octanol–water partition coefficient (Wildman–Crippen LogP) is 4.41. The summed E-state index contributed by atoms with van der Waals surface area (Å²) in [4.78, 5) is 12.8. The number of rotatable bonds is 3. The number of benzene rings is 2. The summed E-state index contributed by atoms with van der Waals surface area (Å²) in [5, 5.41) is 2.93. The highest BCUT2D eigenvalue weighted by molar-refractivity contribution is 14.1. The quantitative estimate of drug-likeness (QED) is 0.568. The van der Waals surface area contributed by atoms with E-state index in [4.69, 9.17) is 4.78 Å². The Morgan fingerprint density at radius 3 is 2.15 bits per heavy atom. The lowest BCUT2D eigenvalue weighted by Crippen LogP contribution is -2.34. The molecule has 0 aromatic heterocycles. The van der Waals surface area contributed by atoms with E-state index < -0.39 is 15.9 Å². The van der Waals surface area contributed by atoms with E-state index >= 15 is 0 Å². The van der Waals surface area contributed by atoms with Crippen LogP contribution in [0.1, 0.15) is 35.1 Å². The lowest BCUT2D eigenvalue weighted by Gasteiger charge is -2.17. The minimum Gasteiger partial charge on any atom is -0.307 e. The number of carbonyl (C=O) groups excluding carboxylic acids is 1. The molecular weight excluding hydrogens is 461 g/mol. The van der Waals surface area contributed by atoms with Crippen molar-refractivity contribution < 1.29 is 9.00 Å². The van der Waals surface area contributed by atoms with Crippen LogP contribution in [-0.4, -0.2) is 10.2 Å². The van der Waals surface area contributed by atoms with Crippen molar-refractivity contribution in [1.82, 2.24) is 4.72 Å². The van der Waals surface area contributed by atoms with Crippen molar-refractivity contribution in [3.63, 3.8) is 0 Å². The van der Waals surface area contributed by atoms with Crippen molar-refractivity contribution in [3.05, 3.63) is 56.2 Å². The van der Waals surface area contributed by atoms with Gasteiger partial charge in [-0.2, -0.15) is 0 Å². The molecule has 3 N–H and O–H groups in total. The number of hydrogen-bond donors (Lipinski definition) is 3. The van der Waals surface area contributed by atoms with Gasteiger partial charge in [0.15, 0.2) is 9.92 Å². The van der Waals surface area contributed by atoms with Crippen LogP contribution in [-0.2, 0) is 35.6 Å². The number of nitrogens with one attached hydrogen (secondary N) is 3. The summed E-state index contributed by atoms with van der Waals surface area (Å²) in [6.45, 7) is 0. The molecule has 2 amide bonds. The first-order valence-corrected chi connectivity index (χ1v) is 11.4. The van der Waals surface area contributed by atoms with Crippen LogP contribution >= 0.6 is 22.6 Å². The smallest absolute Gasteiger partial charge is 0.307 e. The number of amides is 2. The van der Waals surface area contributed by atoms with Crippen LogP contribution in [0.4, 0.5) is 10.5 Å². The van der Waals surface area contributed by atoms with Gasteiger partial charge >= 0.3 is 6.03 Å². The third-order valence-electron chi connectivity index (χ3n) is 5.09. The van der Waals surface area contributed by atoms with Gasteiger partial charge in [0.05, 0.1) is 4.90 Å². The van der Waals surface area contributed by atoms with E-state index in [2.05, 4.69) is 38.7 Å². The first kappa shape index (κ1) is 17.8. The predicted molar refractivity (Wildman–Crippen MR) is 111 cm³/mol. The first-order valence-electron chi connectivity index (χ1n) is 8.74. The monoisotopic (exact) mass is 481 g/mol. The molecule has 5 nitrogen and oxygen atoms in total. The Bertz CT molecular complexity index is 953. The molecule has 1 unspecified atom stereocenters. The van der Waals surface area contributed by atoms with Crippen LogP contribution in [0, 0.1) is 8.35 Å². The second-order valence-electron chi connectivity index (χ2n) is 6.80. The molecule has 136 valence electrons. The number of urea groups is 1. The van der Waals surface area contributed by atoms with Crippen LogP contribution in [0.25, 0.3) is 0 Å². The van der Waals surface area contributed by atoms with Crippen molar-refractivity contribution in [3.8, 4) is 0 Å². The van der Waals surface area contributed by atoms with Crippen LogP contribution in [0.15, 0.2) is 35.2 Å². The molecule has 0 fully saturated rings. The van der Waals surface area contributed by atoms with E-state index in [-0.39, 0.29) is 0 Å². The number of carbonyl (C=O) groups is 1. The Labute approximate surface area is 167 Å². The van der Waals surface area contributed by atoms with Crippen LogP contribution in [0.5, 0.6) is 0 Å². The van der Waals surface area contributed by atoms with E-state index in [1.165, 1.54) is 22.3 Å². The molecule has 26 heavy (non-hydrogen) atoms. The lowest BCUT2D eigenvalue weighted by atomic mass is 9.99. The summed E-state index contributed by atoms with van der Waals surface area (Å²) >= 11 is 2.14. The van der Waals surface area contributed by atoms with E-state index in [0.29, 0.717) is 4.90 Å². The molecule has 1 atom stereocenters. The summed E-state index contributed by atoms with van der Waals surface area (Å²) < 4.78 is 24.1. The van der Waals surface area contributed by atoms with Gasteiger partial charge in [-0.15, -0.1) is 0 Å². The van der Waals surface area contributed by atoms with Gasteiger partial charge in [0.25, 0.3) is 0 Å². The van der Waals surface area contributed by atoms with Crippen LogP contribution in [0.2, 0.25) is 0 Å². The number of aryl methyl sites for hydroxylation is 2. The number of halogens is 1. The summed E-state index contributed by atoms with van der Waals surface area (Å²) in [7, 11) is -3.39. The van der Waals surface area contributed by atoms with E-state index in [9.17, 15) is 9.00 Å². The zero-order valence-electron chi connectivity index (χ0n) is 14.2. The molecule has 0 bridgehead atoms. The number of hydrogen-bond acceptors (Lipinski definition) is 3. The van der Waals surface area contributed by atoms with Crippen molar-refractivity contribution in [2.75, 3.05) is 5.32 Å². The van der Waals surface area contributed by atoms with Gasteiger partial charge in [0, 0.05) is 9.26 Å². The molecule has 2 aliphatic carbocycles. The van der Waals surface area contributed by atoms with E-state index in [1.807, 2.05) is 0 Å². The number of fused-ring (bicyclic) bond motifs is 2. The van der Waals surface area contributed by atoms with Gasteiger partial charge in [0.2, 0.25) is 0 Å². The molecule has 0 saturated heterocycles. The second kappa shape index (κ2) is 6.84. The Morgan fingerprint density at radius 1 is 1.00 bits per heavy atom. The van der Waals surface area contributed by atoms with Gasteiger partial charge in [0.1, 0.15) is 0 Å². The highest BCUT2D eigenvalue weighted by atomic mass is 127. The van der Waals surface area contributed by atoms with Gasteiger partial charge in [-0.3, -0.25) is 0 Å². The second-order valence-corrected chi connectivity index (χ2v) is 9.83. The van der Waals surface area contributed by atoms with Crippen molar-refractivity contribution in [1.29, 1.82) is 4.78 Å². The normalized spacial score (nSPS) is 17.3. The Kier molecular flexibility index (Phi) is 4.68. The summed E-state index contributed by atoms with van der Waals surface area (Å²) in [5.74, 6) is 0. The fourth-order valence-electron chi connectivity index (χ4n) is 3.92. The molecular formula is C19H20IN3O2S. The molecule has 0 heterocycles. The van der Waals surface area contributed by atoms with Gasteiger partial charge in [-0.25, -0.2) is 18.5 Å². The standard InChI is InChI=1S/C19H20IN3O2S/c20-14-7-9-15(10-8-14)26(21,25)23-19(24)22-18-16-5-1-3-12(16)11-13-4-2-6-17(13)18/h7-11H,1-6H2,(H3,21,22,23,24,25). The van der Waals surface area contributed by atoms with Crippen molar-refractivity contribution in [2.24, 2.45) is 0 Å². The highest BCUT2D eigenvalue weighted by Gasteiger charge is 2.25. The van der Waals surface area contributed by atoms with Gasteiger partial charge in [-0.1, -0.05) is 6.07 Å². The van der Waals surface area contributed by atoms with E-state index in [1.54, 1.807) is 24.3 Å². The Morgan fingerprint density at radius 2 is 1.58 bits per heavy atom. The summed E-state index contributed by atoms with van der Waals surface area (Å²) in [5.41, 5.74) is 5.97. The molecule has 2 aromatic carbocycles. The third-order valence-corrected chi connectivity index (χ3v) is 7.22. The molecule has 2 aromatic rings. The van der Waals surface area contributed by atoms with Gasteiger partial charge < -0.3 is 5.32 Å². The third kappa shape index (κ3) is 3.34. The molecule has 7 heteroatoms. The minimum absolute atomic E-state index is 0.302. The first-order chi connectivity index (χ1) is 12.4. The van der Waals surface area contributed by atoms with Crippen LogP contribution in [0.3, 0.4) is 0 Å². The molecule has 0 radical (unpaired) electrons. The fourth-order valence-corrected chi connectivity index (χ4v) is 5.23. The fraction of sp³-hybridized carbons (Fsp3) is 0.316. The zero-order chi connectivity index (χ0) is 18.3. The Balaban J connectivity index is 1.59. The maximum absolute atomic E-state index is 12.7. The molecule has 4 rings (SSSR count). The maximum atomic E-state index is 12.7. The molecule has 2 aliphatic rings. The van der Waals surface area contributed by atoms with Crippen molar-refractivity contribution >= 4 is 44.2 Å². The summed E-state index contributed by atoms with van der Waals surface area (Å²) in [6, 6.07) is 8.52. The molecule has 0 aliphatic heterocycles. The molecule has 0 saturated carbocycles. The average molecular weight is 481 g/mol. The summed E-state index contributed by atoms with van der Waals surface area (Å²) in [6.07, 6.45) is 6.24. The Hall–Kier alpha value is -1.61. The SMILES string of the molecule is N=S(=O)(NC(=O)Nc1c2c(cc3c1CCC3)CCC2)c1ccc(I)cc1. The average Bonchev–Trinajstić information content (AvgIpc) is 3.23. The highest BCUT2D eigenvalue weighted by Crippen LogP contribution is 2.38.